The van der Waals surface area contributed by atoms with Crippen LogP contribution in [-0.4, -0.2) is 16.1 Å². The molecule has 0 atom stereocenters. The summed E-state index contributed by atoms with van der Waals surface area (Å²) in [4.78, 5) is 16.2. The van der Waals surface area contributed by atoms with E-state index in [0.29, 0.717) is 0 Å². The number of benzene rings is 1. The van der Waals surface area contributed by atoms with Gasteiger partial charge in [-0.15, -0.1) is 22.7 Å². The van der Waals surface area contributed by atoms with Crippen molar-refractivity contribution in [2.45, 2.75) is 6.92 Å². The summed E-state index contributed by atoms with van der Waals surface area (Å²) in [5, 5.41) is 15.1. The molecule has 3 heterocycles. The van der Waals surface area contributed by atoms with Crippen LogP contribution in [0.5, 0.6) is 0 Å². The second-order valence-corrected chi connectivity index (χ2v) is 7.16. The summed E-state index contributed by atoms with van der Waals surface area (Å²) in [5.74, 6) is -0.129. The third-order valence-corrected chi connectivity index (χ3v) is 5.52. The molecule has 0 bridgehead atoms. The molecular formula is C16H12N3O2S2+. The van der Waals surface area contributed by atoms with Gasteiger partial charge < -0.3 is 5.32 Å². The van der Waals surface area contributed by atoms with E-state index in [9.17, 15) is 10.0 Å². The maximum atomic E-state index is 11.5. The number of thiophene rings is 1. The van der Waals surface area contributed by atoms with Crippen molar-refractivity contribution < 1.29 is 14.7 Å². The number of anilines is 1. The van der Waals surface area contributed by atoms with Crippen LogP contribution in [-0.2, 0) is 4.79 Å². The van der Waals surface area contributed by atoms with Crippen LogP contribution in [0, 0.1) is 0 Å². The molecule has 0 unspecified atom stereocenters. The Morgan fingerprint density at radius 2 is 2.04 bits per heavy atom. The minimum absolute atomic E-state index is 0.129. The number of nitrogens with zero attached hydrogens (tertiary/aromatic N) is 2. The summed E-state index contributed by atoms with van der Waals surface area (Å²) in [6, 6.07) is 9.79. The lowest BCUT2D eigenvalue weighted by Gasteiger charge is -2.01. The SMILES string of the molecule is CC(=O)Nc1sc2c[n+](O)ccc2c1-c1nc2ccccc2s1. The molecule has 0 fully saturated rings. The van der Waals surface area contributed by atoms with Crippen LogP contribution < -0.4 is 10.0 Å². The number of carbonyl (C=O) groups excluding carboxylic acids is 1. The van der Waals surface area contributed by atoms with Gasteiger partial charge in [-0.1, -0.05) is 12.1 Å². The van der Waals surface area contributed by atoms with E-state index in [2.05, 4.69) is 5.32 Å². The Morgan fingerprint density at radius 1 is 1.22 bits per heavy atom. The lowest BCUT2D eigenvalue weighted by Crippen LogP contribution is -2.27. The smallest absolute Gasteiger partial charge is 0.240 e. The Balaban J connectivity index is 2.01. The minimum Gasteiger partial charge on any atom is -0.317 e. The third-order valence-electron chi connectivity index (χ3n) is 3.41. The second-order valence-electron chi connectivity index (χ2n) is 5.08. The largest absolute Gasteiger partial charge is 0.317 e. The van der Waals surface area contributed by atoms with Gasteiger partial charge in [0.05, 0.1) is 15.8 Å². The Labute approximate surface area is 139 Å². The molecular weight excluding hydrogens is 330 g/mol. The van der Waals surface area contributed by atoms with Gasteiger partial charge in [0.25, 0.3) is 0 Å². The molecule has 0 aliphatic heterocycles. The molecule has 0 aliphatic rings. The number of pyridine rings is 1. The molecule has 4 rings (SSSR count). The van der Waals surface area contributed by atoms with Crippen LogP contribution >= 0.6 is 22.7 Å². The molecule has 4 aromatic rings. The van der Waals surface area contributed by atoms with Crippen LogP contribution in [0.4, 0.5) is 5.00 Å². The molecule has 3 aromatic heterocycles. The van der Waals surface area contributed by atoms with Gasteiger partial charge in [-0.05, 0) is 12.1 Å². The number of hydrogen-bond acceptors (Lipinski definition) is 5. The van der Waals surface area contributed by atoms with Crippen LogP contribution in [0.3, 0.4) is 0 Å². The number of carbonyl (C=O) groups is 1. The van der Waals surface area contributed by atoms with Crippen LogP contribution in [0.15, 0.2) is 42.7 Å². The van der Waals surface area contributed by atoms with Crippen molar-refractivity contribution in [3.8, 4) is 10.6 Å². The molecule has 0 spiro atoms. The average Bonchev–Trinajstić information content (AvgIpc) is 3.06. The van der Waals surface area contributed by atoms with Crippen molar-refractivity contribution in [1.29, 1.82) is 0 Å². The number of hydrogen-bond donors (Lipinski definition) is 2. The first-order chi connectivity index (χ1) is 11.1. The summed E-state index contributed by atoms with van der Waals surface area (Å²) in [6.07, 6.45) is 3.20. The molecule has 1 aromatic carbocycles. The van der Waals surface area contributed by atoms with Gasteiger partial charge in [0.1, 0.15) is 14.7 Å². The molecule has 2 N–H and O–H groups in total. The predicted molar refractivity (Wildman–Crippen MR) is 92.1 cm³/mol. The highest BCUT2D eigenvalue weighted by molar-refractivity contribution is 7.25. The fraction of sp³-hybridized carbons (Fsp3) is 0.0625. The quantitative estimate of drug-likeness (QED) is 0.431. The van der Waals surface area contributed by atoms with Crippen LogP contribution in [0.1, 0.15) is 6.92 Å². The molecule has 114 valence electrons. The van der Waals surface area contributed by atoms with Gasteiger partial charge in [-0.2, -0.15) is 0 Å². The first-order valence-corrected chi connectivity index (χ1v) is 8.56. The van der Waals surface area contributed by atoms with E-state index in [-0.39, 0.29) is 5.91 Å². The van der Waals surface area contributed by atoms with Gasteiger partial charge in [-0.25, -0.2) is 4.98 Å². The molecule has 1 amide bonds. The topological polar surface area (TPSA) is 66.1 Å². The molecule has 5 nitrogen and oxygen atoms in total. The number of amides is 1. The van der Waals surface area contributed by atoms with Crippen LogP contribution in [0.2, 0.25) is 0 Å². The van der Waals surface area contributed by atoms with Crippen molar-refractivity contribution in [3.63, 3.8) is 0 Å². The summed E-state index contributed by atoms with van der Waals surface area (Å²) < 4.78 is 3.00. The second kappa shape index (κ2) is 5.29. The van der Waals surface area contributed by atoms with Crippen molar-refractivity contribution in [1.82, 2.24) is 4.98 Å². The first-order valence-electron chi connectivity index (χ1n) is 6.92. The molecule has 0 aliphatic carbocycles. The van der Waals surface area contributed by atoms with E-state index in [1.54, 1.807) is 23.7 Å². The number of nitrogens with one attached hydrogen (secondary N) is 1. The van der Waals surface area contributed by atoms with Crippen molar-refractivity contribution in [2.24, 2.45) is 0 Å². The van der Waals surface area contributed by atoms with E-state index >= 15 is 0 Å². The summed E-state index contributed by atoms with van der Waals surface area (Å²) >= 11 is 3.02. The average molecular weight is 342 g/mol. The number of para-hydroxylation sites is 1. The van der Waals surface area contributed by atoms with E-state index in [1.165, 1.54) is 18.3 Å². The highest BCUT2D eigenvalue weighted by Crippen LogP contribution is 2.44. The molecule has 7 heteroatoms. The number of thiazole rings is 1. The molecule has 0 saturated heterocycles. The van der Waals surface area contributed by atoms with Gasteiger partial charge in [0.15, 0.2) is 0 Å². The highest BCUT2D eigenvalue weighted by atomic mass is 32.1. The zero-order valence-corrected chi connectivity index (χ0v) is 13.7. The fourth-order valence-corrected chi connectivity index (χ4v) is 4.74. The molecule has 0 saturated carbocycles. The lowest BCUT2D eigenvalue weighted by atomic mass is 10.2. The number of rotatable bonds is 2. The van der Waals surface area contributed by atoms with E-state index in [1.807, 2.05) is 30.3 Å². The Kier molecular flexibility index (Phi) is 3.24. The van der Waals surface area contributed by atoms with Gasteiger partial charge in [0, 0.05) is 23.1 Å². The normalized spacial score (nSPS) is 11.2. The molecule has 0 radical (unpaired) electrons. The van der Waals surface area contributed by atoms with Crippen molar-refractivity contribution in [3.05, 3.63) is 42.7 Å². The van der Waals surface area contributed by atoms with Crippen molar-refractivity contribution >= 4 is 53.9 Å². The summed E-state index contributed by atoms with van der Waals surface area (Å²) in [6.45, 7) is 1.48. The fourth-order valence-electron chi connectivity index (χ4n) is 2.48. The zero-order valence-electron chi connectivity index (χ0n) is 12.1. The standard InChI is InChI=1S/C16H11N3O2S2/c1-9(20)17-15-14(10-6-7-19(21)8-13(10)23-15)16-18-11-4-2-3-5-12(11)22-16/h2-8,21H,1H3/p+1. The number of fused-ring (bicyclic) bond motifs is 2. The Bertz CT molecular complexity index is 1020. The maximum absolute atomic E-state index is 11.5. The zero-order chi connectivity index (χ0) is 16.0. The molecule has 23 heavy (non-hydrogen) atoms. The first kappa shape index (κ1) is 14.1. The van der Waals surface area contributed by atoms with Crippen molar-refractivity contribution in [2.75, 3.05) is 5.32 Å². The van der Waals surface area contributed by atoms with E-state index < -0.39 is 0 Å². The highest BCUT2D eigenvalue weighted by Gasteiger charge is 2.20. The number of aromatic nitrogens is 2. The minimum atomic E-state index is -0.129. The third kappa shape index (κ3) is 2.43. The van der Waals surface area contributed by atoms with Gasteiger partial charge in [0.2, 0.25) is 18.3 Å². The maximum Gasteiger partial charge on any atom is 0.240 e. The predicted octanol–water partition coefficient (Wildman–Crippen LogP) is 3.66. The van der Waals surface area contributed by atoms with Crippen LogP contribution in [0.25, 0.3) is 30.9 Å². The summed E-state index contributed by atoms with van der Waals surface area (Å²) in [7, 11) is 0. The van der Waals surface area contributed by atoms with Gasteiger partial charge in [-0.3, -0.25) is 10.0 Å². The van der Waals surface area contributed by atoms with Gasteiger partial charge >= 0.3 is 0 Å². The Hall–Kier alpha value is -2.51. The Morgan fingerprint density at radius 3 is 2.83 bits per heavy atom. The van der Waals surface area contributed by atoms with E-state index in [0.717, 1.165) is 40.6 Å². The monoisotopic (exact) mass is 342 g/mol. The van der Waals surface area contributed by atoms with E-state index in [4.69, 9.17) is 4.98 Å². The lowest BCUT2D eigenvalue weighted by molar-refractivity contribution is -0.903. The summed E-state index contributed by atoms with van der Waals surface area (Å²) in [5.41, 5.74) is 1.84.